The lowest BCUT2D eigenvalue weighted by atomic mass is 9.59. The molecule has 0 saturated heterocycles. The third kappa shape index (κ3) is 1.83. The van der Waals surface area contributed by atoms with Gasteiger partial charge in [-0.1, -0.05) is 30.7 Å². The zero-order chi connectivity index (χ0) is 16.3. The molecule has 3 aliphatic carbocycles. The van der Waals surface area contributed by atoms with E-state index in [0.717, 1.165) is 17.8 Å². The molecule has 2 N–H and O–H groups in total. The van der Waals surface area contributed by atoms with E-state index in [0.29, 0.717) is 17.4 Å². The van der Waals surface area contributed by atoms with E-state index in [-0.39, 0.29) is 5.41 Å². The number of aromatic hydroxyl groups is 2. The largest absolute Gasteiger partial charge is 0.508 e. The molecule has 0 aliphatic heterocycles. The Morgan fingerprint density at radius 1 is 0.750 bits per heavy atom. The summed E-state index contributed by atoms with van der Waals surface area (Å²) >= 11 is 0. The van der Waals surface area contributed by atoms with Crippen molar-refractivity contribution in [3.8, 4) is 11.5 Å². The van der Waals surface area contributed by atoms with Crippen molar-refractivity contribution < 1.29 is 10.2 Å². The van der Waals surface area contributed by atoms with Gasteiger partial charge in [0.05, 0.1) is 0 Å². The second-order valence-electron chi connectivity index (χ2n) is 8.13. The maximum Gasteiger partial charge on any atom is 0.115 e. The van der Waals surface area contributed by atoms with Crippen molar-refractivity contribution >= 4 is 0 Å². The van der Waals surface area contributed by atoms with E-state index < -0.39 is 0 Å². The fourth-order valence-electron chi connectivity index (χ4n) is 6.49. The van der Waals surface area contributed by atoms with E-state index in [2.05, 4.69) is 24.3 Å². The lowest BCUT2D eigenvalue weighted by molar-refractivity contribution is 0.181. The molecule has 2 bridgehead atoms. The molecule has 24 heavy (non-hydrogen) atoms. The van der Waals surface area contributed by atoms with Gasteiger partial charge in [0.2, 0.25) is 0 Å². The van der Waals surface area contributed by atoms with Crippen LogP contribution < -0.4 is 0 Å². The van der Waals surface area contributed by atoms with E-state index in [1.807, 2.05) is 24.3 Å². The van der Waals surface area contributed by atoms with Crippen molar-refractivity contribution in [2.24, 2.45) is 23.7 Å². The maximum atomic E-state index is 9.74. The fourth-order valence-corrected chi connectivity index (χ4v) is 6.49. The summed E-state index contributed by atoms with van der Waals surface area (Å²) in [5, 5.41) is 19.5. The van der Waals surface area contributed by atoms with Gasteiger partial charge in [0.15, 0.2) is 0 Å². The van der Waals surface area contributed by atoms with Crippen LogP contribution in [0.3, 0.4) is 0 Å². The van der Waals surface area contributed by atoms with Gasteiger partial charge in [0, 0.05) is 5.41 Å². The Kier molecular flexibility index (Phi) is 3.01. The number of fused-ring (bicyclic) bond motifs is 5. The van der Waals surface area contributed by atoms with Gasteiger partial charge < -0.3 is 10.2 Å². The molecule has 2 heteroatoms. The molecule has 3 fully saturated rings. The lowest BCUT2D eigenvalue weighted by Gasteiger charge is -2.44. The van der Waals surface area contributed by atoms with Crippen LogP contribution in [0.5, 0.6) is 11.5 Å². The third-order valence-electron chi connectivity index (χ3n) is 7.29. The van der Waals surface area contributed by atoms with Crippen LogP contribution in [-0.2, 0) is 5.41 Å². The molecule has 2 nitrogen and oxygen atoms in total. The zero-order valence-corrected chi connectivity index (χ0v) is 13.9. The molecule has 4 atom stereocenters. The van der Waals surface area contributed by atoms with Crippen LogP contribution in [0.25, 0.3) is 0 Å². The predicted octanol–water partition coefficient (Wildman–Crippen LogP) is 4.84. The Bertz CT molecular complexity index is 701. The quantitative estimate of drug-likeness (QED) is 0.831. The minimum Gasteiger partial charge on any atom is -0.508 e. The van der Waals surface area contributed by atoms with Gasteiger partial charge in [-0.2, -0.15) is 0 Å². The van der Waals surface area contributed by atoms with Crippen molar-refractivity contribution in [3.05, 3.63) is 59.7 Å². The van der Waals surface area contributed by atoms with Crippen LogP contribution in [0, 0.1) is 23.7 Å². The van der Waals surface area contributed by atoms with Crippen LogP contribution in [0.4, 0.5) is 0 Å². The second kappa shape index (κ2) is 5.02. The predicted molar refractivity (Wildman–Crippen MR) is 94.0 cm³/mol. The number of hydrogen-bond donors (Lipinski definition) is 2. The second-order valence-corrected chi connectivity index (χ2v) is 8.13. The van der Waals surface area contributed by atoms with Gasteiger partial charge >= 0.3 is 0 Å². The number of benzene rings is 2. The number of phenols is 2. The van der Waals surface area contributed by atoms with Gasteiger partial charge in [-0.15, -0.1) is 0 Å². The Hall–Kier alpha value is -1.96. The molecule has 0 unspecified atom stereocenters. The summed E-state index contributed by atoms with van der Waals surface area (Å²) < 4.78 is 0. The first kappa shape index (κ1) is 14.4. The minimum atomic E-state index is 0.0531. The molecule has 0 aromatic heterocycles. The molecule has 124 valence electrons. The molecule has 3 saturated carbocycles. The Balaban J connectivity index is 1.67. The summed E-state index contributed by atoms with van der Waals surface area (Å²) in [5.41, 5.74) is 2.73. The SMILES string of the molecule is Oc1ccc(C2(c3ccc(O)cc3)C[C@@H]3C[C@H]2[C@@H]2CCC[C@@H]32)cc1. The van der Waals surface area contributed by atoms with Gasteiger partial charge in [0.1, 0.15) is 11.5 Å². The van der Waals surface area contributed by atoms with E-state index >= 15 is 0 Å². The summed E-state index contributed by atoms with van der Waals surface area (Å²) in [6.45, 7) is 0. The van der Waals surface area contributed by atoms with Crippen molar-refractivity contribution in [3.63, 3.8) is 0 Å². The summed E-state index contributed by atoms with van der Waals surface area (Å²) in [5.74, 6) is 4.00. The molecule has 2 aromatic rings. The summed E-state index contributed by atoms with van der Waals surface area (Å²) in [6, 6.07) is 15.8. The summed E-state index contributed by atoms with van der Waals surface area (Å²) in [7, 11) is 0. The molecule has 0 radical (unpaired) electrons. The van der Waals surface area contributed by atoms with E-state index in [4.69, 9.17) is 0 Å². The average molecular weight is 320 g/mol. The van der Waals surface area contributed by atoms with Crippen LogP contribution >= 0.6 is 0 Å². The van der Waals surface area contributed by atoms with Gasteiger partial charge in [-0.05, 0) is 84.7 Å². The first-order valence-electron chi connectivity index (χ1n) is 9.27. The molecule has 2 aromatic carbocycles. The van der Waals surface area contributed by atoms with Crippen LogP contribution in [0.1, 0.15) is 43.2 Å². The molecule has 0 spiro atoms. The van der Waals surface area contributed by atoms with Gasteiger partial charge in [-0.25, -0.2) is 0 Å². The summed E-state index contributed by atoms with van der Waals surface area (Å²) in [4.78, 5) is 0. The van der Waals surface area contributed by atoms with Gasteiger partial charge in [0.25, 0.3) is 0 Å². The van der Waals surface area contributed by atoms with Crippen molar-refractivity contribution in [2.45, 2.75) is 37.5 Å². The molecule has 5 rings (SSSR count). The topological polar surface area (TPSA) is 40.5 Å². The smallest absolute Gasteiger partial charge is 0.115 e. The Morgan fingerprint density at radius 2 is 1.29 bits per heavy atom. The molecule has 0 heterocycles. The van der Waals surface area contributed by atoms with Crippen molar-refractivity contribution in [1.29, 1.82) is 0 Å². The highest BCUT2D eigenvalue weighted by atomic mass is 16.3. The fraction of sp³-hybridized carbons (Fsp3) is 0.455. The average Bonchev–Trinajstić information content (AvgIpc) is 3.28. The summed E-state index contributed by atoms with van der Waals surface area (Å²) in [6.07, 6.45) is 6.76. The van der Waals surface area contributed by atoms with Crippen LogP contribution in [0.15, 0.2) is 48.5 Å². The third-order valence-corrected chi connectivity index (χ3v) is 7.29. The van der Waals surface area contributed by atoms with Crippen LogP contribution in [0.2, 0.25) is 0 Å². The standard InChI is InChI=1S/C22H24O2/c23-17-8-4-15(5-9-17)22(16-6-10-18(24)11-7-16)13-14-12-21(22)20-3-1-2-19(14)20/h4-11,14,19-21,23-24H,1-3,12-13H2/t14-,19-,20+,21-/m0/s1. The van der Waals surface area contributed by atoms with E-state index in [1.54, 1.807) is 0 Å². The lowest BCUT2D eigenvalue weighted by Crippen LogP contribution is -2.40. The highest BCUT2D eigenvalue weighted by Gasteiger charge is 2.61. The number of rotatable bonds is 2. The number of hydrogen-bond acceptors (Lipinski definition) is 2. The normalized spacial score (nSPS) is 32.8. The zero-order valence-electron chi connectivity index (χ0n) is 13.9. The Morgan fingerprint density at radius 3 is 1.88 bits per heavy atom. The first-order chi connectivity index (χ1) is 11.7. The monoisotopic (exact) mass is 320 g/mol. The van der Waals surface area contributed by atoms with E-state index in [1.165, 1.54) is 43.2 Å². The molecule has 0 amide bonds. The maximum absolute atomic E-state index is 9.74. The molecular formula is C22H24O2. The van der Waals surface area contributed by atoms with Crippen molar-refractivity contribution in [1.82, 2.24) is 0 Å². The Labute approximate surface area is 143 Å². The highest BCUT2D eigenvalue weighted by molar-refractivity contribution is 5.46. The highest BCUT2D eigenvalue weighted by Crippen LogP contribution is 2.68. The number of phenolic OH excluding ortho intramolecular Hbond substituents is 2. The first-order valence-corrected chi connectivity index (χ1v) is 9.27. The van der Waals surface area contributed by atoms with E-state index in [9.17, 15) is 10.2 Å². The molecular weight excluding hydrogens is 296 g/mol. The van der Waals surface area contributed by atoms with Crippen molar-refractivity contribution in [2.75, 3.05) is 0 Å². The van der Waals surface area contributed by atoms with Crippen LogP contribution in [-0.4, -0.2) is 10.2 Å². The minimum absolute atomic E-state index is 0.0531. The molecule has 3 aliphatic rings. The van der Waals surface area contributed by atoms with Gasteiger partial charge in [-0.3, -0.25) is 0 Å².